The Hall–Kier alpha value is -8.90. The van der Waals surface area contributed by atoms with E-state index < -0.39 is 0 Å². The Balaban J connectivity index is 0.00000665. The van der Waals surface area contributed by atoms with Crippen LogP contribution in [0.4, 0.5) is 31.5 Å². The number of para-hydroxylation sites is 3. The Bertz CT molecular complexity index is 4210. The summed E-state index contributed by atoms with van der Waals surface area (Å²) in [5, 5.41) is 2.12. The van der Waals surface area contributed by atoms with Crippen molar-refractivity contribution in [3.8, 4) is 73.0 Å². The first-order valence-electron chi connectivity index (χ1n) is 27.4. The van der Waals surface area contributed by atoms with E-state index in [0.29, 0.717) is 11.5 Å². The molecule has 82 heavy (non-hydrogen) atoms. The zero-order valence-electron chi connectivity index (χ0n) is 46.3. The van der Waals surface area contributed by atoms with Crippen molar-refractivity contribution in [2.24, 2.45) is 0 Å². The van der Waals surface area contributed by atoms with Crippen LogP contribution < -0.4 is 14.5 Å². The molecule has 8 heteroatoms. The van der Waals surface area contributed by atoms with Gasteiger partial charge in [0.1, 0.15) is 17.5 Å². The number of hydrogen-bond donors (Lipinski definition) is 0. The van der Waals surface area contributed by atoms with Gasteiger partial charge in [0.05, 0.1) is 0 Å². The van der Waals surface area contributed by atoms with Gasteiger partial charge in [-0.15, -0.1) is 53.6 Å². The topological polar surface area (TPSA) is 33.5 Å². The zero-order chi connectivity index (χ0) is 55.6. The van der Waals surface area contributed by atoms with E-state index in [9.17, 15) is 8.78 Å². The molecule has 0 spiro atoms. The fourth-order valence-electron chi connectivity index (χ4n) is 11.1. The van der Waals surface area contributed by atoms with Crippen molar-refractivity contribution >= 4 is 44.6 Å². The number of anilines is 4. The summed E-state index contributed by atoms with van der Waals surface area (Å²) in [6, 6.07) is 82.2. The Labute approximate surface area is 493 Å². The zero-order valence-corrected chi connectivity index (χ0v) is 48.6. The molecule has 0 saturated carbocycles. The minimum atomic E-state index is -0.322. The first kappa shape index (κ1) is 53.7. The summed E-state index contributed by atoms with van der Waals surface area (Å²) in [5.41, 5.74) is 16.8. The SMILES string of the molecule is CC(C)(C)c1ccnc(-n2c3[c-]c(Oc4[c-]c(N5[CH-]N(c6c(-c7ccc(F)cc7)cc(C(C)(C)C)cc6-c6ccc(F)cc6)c6ccccc65)cc(-c5cc(-c6ccccc6)cc(-c6ccccc6)c5)c4)ccc3c3ccccc32)c1.[Pt]. The molecule has 1 aliphatic heterocycles. The van der Waals surface area contributed by atoms with Crippen LogP contribution in [0.3, 0.4) is 0 Å². The quantitative estimate of drug-likeness (QED) is 0.128. The van der Waals surface area contributed by atoms with Crippen molar-refractivity contribution in [3.63, 3.8) is 0 Å². The second kappa shape index (κ2) is 21.5. The number of benzene rings is 10. The van der Waals surface area contributed by atoms with Crippen molar-refractivity contribution < 1.29 is 34.6 Å². The molecule has 0 amide bonds. The van der Waals surface area contributed by atoms with Gasteiger partial charge in [0.15, 0.2) is 0 Å². The van der Waals surface area contributed by atoms with E-state index in [2.05, 4.69) is 220 Å². The van der Waals surface area contributed by atoms with Crippen LogP contribution >= 0.6 is 0 Å². The number of pyridine rings is 1. The smallest absolute Gasteiger partial charge is 0.135 e. The maximum absolute atomic E-state index is 14.8. The monoisotopic (exact) mass is 1250 g/mol. The van der Waals surface area contributed by atoms with Crippen LogP contribution in [0.1, 0.15) is 52.7 Å². The average Bonchev–Trinajstić information content (AvgIpc) is 4.16. The maximum atomic E-state index is 14.8. The van der Waals surface area contributed by atoms with E-state index in [1.165, 1.54) is 29.8 Å². The van der Waals surface area contributed by atoms with Gasteiger partial charge in [0.25, 0.3) is 0 Å². The molecule has 0 radical (unpaired) electrons. The Morgan fingerprint density at radius 3 is 1.55 bits per heavy atom. The number of aromatic nitrogens is 2. The normalized spacial score (nSPS) is 12.4. The molecule has 12 aromatic rings. The summed E-state index contributed by atoms with van der Waals surface area (Å²) in [6.45, 7) is 15.3. The molecular weight excluding hydrogens is 1190 g/mol. The Morgan fingerprint density at radius 1 is 0.439 bits per heavy atom. The van der Waals surface area contributed by atoms with Crippen molar-refractivity contribution in [2.75, 3.05) is 9.80 Å². The van der Waals surface area contributed by atoms with E-state index in [1.54, 1.807) is 0 Å². The number of rotatable bonds is 10. The molecule has 5 nitrogen and oxygen atoms in total. The molecule has 0 bridgehead atoms. The van der Waals surface area contributed by atoms with Gasteiger partial charge in [0.2, 0.25) is 0 Å². The third-order valence-electron chi connectivity index (χ3n) is 15.3. The number of nitrogens with zero attached hydrogens (tertiary/aromatic N) is 4. The number of ether oxygens (including phenoxy) is 1. The van der Waals surface area contributed by atoms with Crippen LogP contribution in [0.2, 0.25) is 0 Å². The molecule has 2 aromatic heterocycles. The Morgan fingerprint density at radius 2 is 0.963 bits per heavy atom. The standard InChI is InChI=1S/C74H57F2N4O.Pt/c1-73(2,3)56-35-36-77-71(44-56)80-67-22-14-13-21-63(67)64-34-33-61(46-70(64)80)81-62-41-55(54-38-52(48-17-9-7-10-18-48)37-53(39-54)49-19-11-8-12-20-49)40-60(45-62)78-47-79(69-24-16-15-23-68(69)78)72-65(50-25-29-58(75)30-26-50)42-57(74(4,5)6)43-66(72)51-27-31-59(76)32-28-51;/h7-44,47H,1-6H3;/q-3;. The molecule has 1 aliphatic rings. The van der Waals surface area contributed by atoms with Crippen LogP contribution in [0, 0.1) is 30.4 Å². The van der Waals surface area contributed by atoms with Crippen molar-refractivity contribution in [2.45, 2.75) is 52.4 Å². The molecule has 0 unspecified atom stereocenters. The van der Waals surface area contributed by atoms with Crippen LogP contribution in [-0.2, 0) is 31.9 Å². The van der Waals surface area contributed by atoms with Gasteiger partial charge in [-0.3, -0.25) is 0 Å². The summed E-state index contributed by atoms with van der Waals surface area (Å²) in [6.07, 6.45) is 1.89. The fourth-order valence-corrected chi connectivity index (χ4v) is 11.1. The molecule has 0 fully saturated rings. The second-order valence-electron chi connectivity index (χ2n) is 22.9. The van der Waals surface area contributed by atoms with Crippen LogP contribution in [-0.4, -0.2) is 9.55 Å². The van der Waals surface area contributed by atoms with Crippen molar-refractivity contribution in [1.29, 1.82) is 0 Å². The number of fused-ring (bicyclic) bond motifs is 4. The Kier molecular flexibility index (Phi) is 14.1. The van der Waals surface area contributed by atoms with Gasteiger partial charge in [-0.05, 0) is 151 Å². The second-order valence-corrected chi connectivity index (χ2v) is 22.9. The molecular formula is C74H57F2N4OPt-3. The average molecular weight is 1250 g/mol. The molecule has 406 valence electrons. The molecule has 0 N–H and O–H groups in total. The van der Waals surface area contributed by atoms with E-state index in [4.69, 9.17) is 9.72 Å². The summed E-state index contributed by atoms with van der Waals surface area (Å²) in [4.78, 5) is 9.29. The third kappa shape index (κ3) is 10.3. The molecule has 13 rings (SSSR count). The fraction of sp³-hybridized carbons (Fsp3) is 0.108. The molecule has 0 aliphatic carbocycles. The van der Waals surface area contributed by atoms with Crippen molar-refractivity contribution in [3.05, 3.63) is 272 Å². The van der Waals surface area contributed by atoms with E-state index in [0.717, 1.165) is 112 Å². The predicted molar refractivity (Wildman–Crippen MR) is 329 cm³/mol. The summed E-state index contributed by atoms with van der Waals surface area (Å²) < 4.78 is 38.9. The maximum Gasteiger partial charge on any atom is 0.135 e. The first-order valence-corrected chi connectivity index (χ1v) is 27.4. The molecule has 0 atom stereocenters. The van der Waals surface area contributed by atoms with Crippen molar-refractivity contribution in [1.82, 2.24) is 9.55 Å². The molecule has 10 aromatic carbocycles. The van der Waals surface area contributed by atoms with Gasteiger partial charge < -0.3 is 19.1 Å². The first-order chi connectivity index (χ1) is 39.2. The number of hydrogen-bond acceptors (Lipinski definition) is 4. The van der Waals surface area contributed by atoms with Gasteiger partial charge in [0, 0.05) is 72.5 Å². The number of halogens is 2. The van der Waals surface area contributed by atoms with Gasteiger partial charge in [-0.25, -0.2) is 13.8 Å². The largest absolute Gasteiger partial charge is 0.509 e. The summed E-state index contributed by atoms with van der Waals surface area (Å²) in [5.74, 6) is 1.16. The summed E-state index contributed by atoms with van der Waals surface area (Å²) >= 11 is 0. The van der Waals surface area contributed by atoms with Gasteiger partial charge in [-0.2, -0.15) is 6.07 Å². The third-order valence-corrected chi connectivity index (χ3v) is 15.3. The van der Waals surface area contributed by atoms with Gasteiger partial charge in [-0.1, -0.05) is 162 Å². The van der Waals surface area contributed by atoms with E-state index in [-0.39, 0.29) is 43.5 Å². The van der Waals surface area contributed by atoms with Gasteiger partial charge >= 0.3 is 0 Å². The van der Waals surface area contributed by atoms with E-state index >= 15 is 0 Å². The minimum Gasteiger partial charge on any atom is -0.509 e. The predicted octanol–water partition coefficient (Wildman–Crippen LogP) is 20.2. The molecule has 3 heterocycles. The molecule has 0 saturated heterocycles. The van der Waals surface area contributed by atoms with Crippen LogP contribution in [0.5, 0.6) is 11.5 Å². The minimum absolute atomic E-state index is 0. The van der Waals surface area contributed by atoms with E-state index in [1.807, 2.05) is 60.8 Å². The van der Waals surface area contributed by atoms with Crippen LogP contribution in [0.25, 0.3) is 83.3 Å². The van der Waals surface area contributed by atoms with Crippen LogP contribution in [0.15, 0.2) is 231 Å². The summed E-state index contributed by atoms with van der Waals surface area (Å²) in [7, 11) is 0.